The van der Waals surface area contributed by atoms with E-state index in [-0.39, 0.29) is 55.6 Å². The van der Waals surface area contributed by atoms with E-state index in [9.17, 15) is 19.2 Å². The SMILES string of the molecule is COC(=O)[C@@H](CCC(=O)C(CC1CCCCC1)=NC(=O)OCc1cccc(Cl)c1)CCC(=O)N(C)CCc1ccccc1. The van der Waals surface area contributed by atoms with Crippen LogP contribution in [-0.2, 0) is 36.9 Å². The van der Waals surface area contributed by atoms with Crippen LogP contribution in [0, 0.1) is 11.8 Å². The van der Waals surface area contributed by atoms with Gasteiger partial charge in [-0.3, -0.25) is 14.4 Å². The van der Waals surface area contributed by atoms with Gasteiger partial charge in [0.1, 0.15) is 6.61 Å². The first kappa shape index (κ1) is 34.0. The first-order valence-electron chi connectivity index (χ1n) is 15.1. The predicted molar refractivity (Wildman–Crippen MR) is 167 cm³/mol. The molecule has 0 bridgehead atoms. The van der Waals surface area contributed by atoms with Crippen molar-refractivity contribution in [2.75, 3.05) is 20.7 Å². The molecule has 0 unspecified atom stereocenters. The first-order chi connectivity index (χ1) is 20.7. The van der Waals surface area contributed by atoms with Crippen LogP contribution >= 0.6 is 11.6 Å². The van der Waals surface area contributed by atoms with E-state index in [0.29, 0.717) is 18.0 Å². The number of hydrogen-bond donors (Lipinski definition) is 0. The molecule has 2 aromatic rings. The largest absolute Gasteiger partial charge is 0.469 e. The van der Waals surface area contributed by atoms with Crippen molar-refractivity contribution in [2.24, 2.45) is 16.8 Å². The summed E-state index contributed by atoms with van der Waals surface area (Å²) in [5.41, 5.74) is 2.05. The number of rotatable bonds is 15. The fraction of sp³-hybridized carbons (Fsp3) is 0.500. The number of ketones is 1. The molecule has 1 saturated carbocycles. The van der Waals surface area contributed by atoms with Gasteiger partial charge in [-0.15, -0.1) is 0 Å². The first-order valence-corrected chi connectivity index (χ1v) is 15.5. The maximum atomic E-state index is 13.4. The molecule has 0 heterocycles. The predicted octanol–water partition coefficient (Wildman–Crippen LogP) is 7.01. The Hall–Kier alpha value is -3.52. The highest BCUT2D eigenvalue weighted by Gasteiger charge is 2.26. The van der Waals surface area contributed by atoms with Crippen LogP contribution in [0.15, 0.2) is 59.6 Å². The van der Waals surface area contributed by atoms with E-state index in [1.54, 1.807) is 36.2 Å². The maximum absolute atomic E-state index is 13.4. The van der Waals surface area contributed by atoms with Crippen LogP contribution < -0.4 is 0 Å². The third-order valence-electron chi connectivity index (χ3n) is 7.97. The summed E-state index contributed by atoms with van der Waals surface area (Å²) in [6.07, 6.45) is 6.27. The molecule has 3 rings (SSSR count). The lowest BCUT2D eigenvalue weighted by atomic mass is 9.84. The van der Waals surface area contributed by atoms with Crippen molar-refractivity contribution in [3.63, 3.8) is 0 Å². The second-order valence-electron chi connectivity index (χ2n) is 11.2. The zero-order chi connectivity index (χ0) is 31.0. The summed E-state index contributed by atoms with van der Waals surface area (Å²) in [5.74, 6) is -1.16. The number of aliphatic imine (C=N–C) groups is 1. The van der Waals surface area contributed by atoms with E-state index in [0.717, 1.165) is 43.2 Å². The summed E-state index contributed by atoms with van der Waals surface area (Å²) in [7, 11) is 3.05. The fourth-order valence-corrected chi connectivity index (χ4v) is 5.56. The molecule has 1 aliphatic carbocycles. The molecule has 0 N–H and O–H groups in total. The molecule has 232 valence electrons. The lowest BCUT2D eigenvalue weighted by Crippen LogP contribution is -2.30. The number of benzene rings is 2. The molecule has 0 radical (unpaired) electrons. The summed E-state index contributed by atoms with van der Waals surface area (Å²) in [6.45, 7) is 0.560. The van der Waals surface area contributed by atoms with Crippen LogP contribution in [0.2, 0.25) is 5.02 Å². The molecule has 1 aliphatic rings. The fourth-order valence-electron chi connectivity index (χ4n) is 5.35. The van der Waals surface area contributed by atoms with Crippen LogP contribution in [0.25, 0.3) is 0 Å². The second kappa shape index (κ2) is 18.2. The number of carbonyl (C=O) groups excluding carboxylic acids is 4. The van der Waals surface area contributed by atoms with E-state index in [1.165, 1.54) is 13.5 Å². The van der Waals surface area contributed by atoms with Gasteiger partial charge >= 0.3 is 12.1 Å². The Morgan fingerprint density at radius 1 is 0.953 bits per heavy atom. The summed E-state index contributed by atoms with van der Waals surface area (Å²) in [5, 5.41) is 0.533. The number of likely N-dealkylation sites (N-methyl/N-ethyl adjacent to an activating group) is 1. The molecular weight excluding hydrogens is 568 g/mol. The molecule has 43 heavy (non-hydrogen) atoms. The van der Waals surface area contributed by atoms with E-state index in [1.807, 2.05) is 30.3 Å². The van der Waals surface area contributed by atoms with Crippen LogP contribution in [-0.4, -0.2) is 55.1 Å². The summed E-state index contributed by atoms with van der Waals surface area (Å²) >= 11 is 6.01. The van der Waals surface area contributed by atoms with Gasteiger partial charge in [0.25, 0.3) is 0 Å². The lowest BCUT2D eigenvalue weighted by molar-refractivity contribution is -0.146. The number of methoxy groups -OCH3 is 1. The topological polar surface area (TPSA) is 102 Å². The third kappa shape index (κ3) is 12.3. The van der Waals surface area contributed by atoms with Crippen molar-refractivity contribution in [2.45, 2.75) is 77.2 Å². The van der Waals surface area contributed by atoms with E-state index < -0.39 is 18.0 Å². The number of halogens is 1. The van der Waals surface area contributed by atoms with Gasteiger partial charge in [-0.05, 0) is 54.9 Å². The highest BCUT2D eigenvalue weighted by molar-refractivity contribution is 6.41. The zero-order valence-corrected chi connectivity index (χ0v) is 26.0. The van der Waals surface area contributed by atoms with Gasteiger partial charge in [0.2, 0.25) is 5.91 Å². The molecular formula is C34H43ClN2O6. The average Bonchev–Trinajstić information content (AvgIpc) is 3.02. The van der Waals surface area contributed by atoms with Gasteiger partial charge in [0.15, 0.2) is 5.78 Å². The van der Waals surface area contributed by atoms with Crippen LogP contribution in [0.3, 0.4) is 0 Å². The van der Waals surface area contributed by atoms with E-state index in [4.69, 9.17) is 21.1 Å². The number of ether oxygens (including phenoxy) is 2. The van der Waals surface area contributed by atoms with Crippen molar-refractivity contribution < 1.29 is 28.7 Å². The number of nitrogens with zero attached hydrogens (tertiary/aromatic N) is 2. The van der Waals surface area contributed by atoms with Gasteiger partial charge < -0.3 is 14.4 Å². The molecule has 2 aromatic carbocycles. The number of hydrogen-bond acceptors (Lipinski definition) is 6. The summed E-state index contributed by atoms with van der Waals surface area (Å²) in [4.78, 5) is 57.1. The Bertz CT molecular complexity index is 1240. The van der Waals surface area contributed by atoms with Gasteiger partial charge in [-0.1, -0.05) is 86.2 Å². The van der Waals surface area contributed by atoms with E-state index in [2.05, 4.69) is 4.99 Å². The zero-order valence-electron chi connectivity index (χ0n) is 25.3. The molecule has 1 fully saturated rings. The lowest BCUT2D eigenvalue weighted by Gasteiger charge is -2.22. The molecule has 0 spiro atoms. The molecule has 9 heteroatoms. The van der Waals surface area contributed by atoms with Gasteiger partial charge in [0.05, 0.1) is 18.7 Å². The standard InChI is InChI=1S/C34H43ClN2O6/c1-37(21-20-25-10-5-3-6-11-25)32(39)19-17-28(33(40)42-2)16-18-31(38)30(23-26-12-7-4-8-13-26)36-34(41)43-24-27-14-9-15-29(35)22-27/h3,5-6,9-11,14-15,22,26,28H,4,7-8,12-13,16-21,23-24H2,1-2H3/t28-/m0/s1. The Morgan fingerprint density at radius 2 is 1.65 bits per heavy atom. The van der Waals surface area contributed by atoms with Crippen molar-refractivity contribution in [3.8, 4) is 0 Å². The molecule has 2 amide bonds. The smallest absolute Gasteiger partial charge is 0.434 e. The second-order valence-corrected chi connectivity index (χ2v) is 11.7. The third-order valence-corrected chi connectivity index (χ3v) is 8.21. The number of Topliss-reactive ketones (excluding diaryl/α,β-unsaturated/α-hetero) is 1. The van der Waals surface area contributed by atoms with Crippen LogP contribution in [0.1, 0.15) is 75.3 Å². The minimum absolute atomic E-state index is 0.00791. The average molecular weight is 611 g/mol. The summed E-state index contributed by atoms with van der Waals surface area (Å²) in [6, 6.07) is 16.9. The van der Waals surface area contributed by atoms with Crippen molar-refractivity contribution in [1.82, 2.24) is 4.90 Å². The molecule has 0 aliphatic heterocycles. The Balaban J connectivity index is 1.58. The Labute approximate surface area is 259 Å². The Morgan fingerprint density at radius 3 is 2.35 bits per heavy atom. The highest BCUT2D eigenvalue weighted by atomic mass is 35.5. The van der Waals surface area contributed by atoms with Crippen molar-refractivity contribution in [3.05, 3.63) is 70.7 Å². The van der Waals surface area contributed by atoms with Crippen LogP contribution in [0.5, 0.6) is 0 Å². The maximum Gasteiger partial charge on any atom is 0.434 e. The Kier molecular flexibility index (Phi) is 14.4. The highest BCUT2D eigenvalue weighted by Crippen LogP contribution is 2.27. The van der Waals surface area contributed by atoms with Gasteiger partial charge in [-0.2, -0.15) is 4.99 Å². The van der Waals surface area contributed by atoms with Crippen molar-refractivity contribution in [1.29, 1.82) is 0 Å². The number of carbonyl (C=O) groups is 4. The van der Waals surface area contributed by atoms with Crippen LogP contribution in [0.4, 0.5) is 4.79 Å². The van der Waals surface area contributed by atoms with Crippen molar-refractivity contribution >= 4 is 41.1 Å². The summed E-state index contributed by atoms with van der Waals surface area (Å²) < 4.78 is 10.3. The minimum Gasteiger partial charge on any atom is -0.469 e. The van der Waals surface area contributed by atoms with Gasteiger partial charge in [-0.25, -0.2) is 4.79 Å². The quantitative estimate of drug-likeness (QED) is 0.159. The normalized spacial score (nSPS) is 14.5. The molecule has 0 saturated heterocycles. The molecule has 8 nitrogen and oxygen atoms in total. The molecule has 0 aromatic heterocycles. The monoisotopic (exact) mass is 610 g/mol. The number of amides is 2. The number of esters is 1. The van der Waals surface area contributed by atoms with Gasteiger partial charge in [0, 0.05) is 31.5 Å². The molecule has 1 atom stereocenters. The minimum atomic E-state index is -0.826. The van der Waals surface area contributed by atoms with E-state index >= 15 is 0 Å².